The Morgan fingerprint density at radius 3 is 2.35 bits per heavy atom. The van der Waals surface area contributed by atoms with Gasteiger partial charge in [-0.3, -0.25) is 0 Å². The molecule has 4 N–H and O–H groups in total. The standard InChI is InChI=1S/C21H17N3O2/c22-21(25)26-14-17-5-2-15(3-6-17)1-4-16-7-9-20-12-18(13-24-23)8-10-19(20)11-16/h2-3,5-13H,14,23H2,(H2,22,25)/b24-13+. The number of nitrogens with two attached hydrogens (primary N) is 2. The minimum absolute atomic E-state index is 0.157. The van der Waals surface area contributed by atoms with Crippen LogP contribution in [0.1, 0.15) is 22.3 Å². The van der Waals surface area contributed by atoms with Crippen LogP contribution in [0, 0.1) is 11.8 Å². The van der Waals surface area contributed by atoms with Gasteiger partial charge in [-0.1, -0.05) is 42.2 Å². The number of nitrogens with zero attached hydrogens (tertiary/aromatic N) is 1. The van der Waals surface area contributed by atoms with Crippen LogP contribution in [0.25, 0.3) is 10.8 Å². The van der Waals surface area contributed by atoms with Crippen LogP contribution in [0.5, 0.6) is 0 Å². The molecule has 0 unspecified atom stereocenters. The number of benzene rings is 3. The fraction of sp³-hybridized carbons (Fsp3) is 0.0476. The quantitative estimate of drug-likeness (QED) is 0.331. The van der Waals surface area contributed by atoms with E-state index in [4.69, 9.17) is 16.3 Å². The molecule has 0 aromatic heterocycles. The van der Waals surface area contributed by atoms with Crippen molar-refractivity contribution in [2.75, 3.05) is 0 Å². The first kappa shape index (κ1) is 17.1. The van der Waals surface area contributed by atoms with E-state index >= 15 is 0 Å². The van der Waals surface area contributed by atoms with Gasteiger partial charge < -0.3 is 16.3 Å². The van der Waals surface area contributed by atoms with E-state index < -0.39 is 6.09 Å². The summed E-state index contributed by atoms with van der Waals surface area (Å²) in [5.74, 6) is 11.5. The Balaban J connectivity index is 1.76. The summed E-state index contributed by atoms with van der Waals surface area (Å²) in [5.41, 5.74) is 8.57. The molecule has 0 radical (unpaired) electrons. The Morgan fingerprint density at radius 1 is 0.962 bits per heavy atom. The second-order valence-corrected chi connectivity index (χ2v) is 5.65. The van der Waals surface area contributed by atoms with Crippen molar-refractivity contribution < 1.29 is 9.53 Å². The van der Waals surface area contributed by atoms with Crippen LogP contribution >= 0.6 is 0 Å². The number of ether oxygens (including phenoxy) is 1. The number of hydrogen-bond donors (Lipinski definition) is 2. The average molecular weight is 343 g/mol. The highest BCUT2D eigenvalue weighted by atomic mass is 16.5. The lowest BCUT2D eigenvalue weighted by molar-refractivity contribution is 0.150. The van der Waals surface area contributed by atoms with E-state index in [1.54, 1.807) is 6.21 Å². The Hall–Kier alpha value is -3.78. The van der Waals surface area contributed by atoms with E-state index in [0.717, 1.165) is 33.0 Å². The van der Waals surface area contributed by atoms with Crippen molar-refractivity contribution in [3.63, 3.8) is 0 Å². The fourth-order valence-corrected chi connectivity index (χ4v) is 2.49. The highest BCUT2D eigenvalue weighted by Gasteiger charge is 1.98. The molecule has 5 nitrogen and oxygen atoms in total. The molecule has 0 aliphatic rings. The normalized spacial score (nSPS) is 10.5. The maximum atomic E-state index is 10.6. The zero-order valence-corrected chi connectivity index (χ0v) is 14.0. The maximum absolute atomic E-state index is 10.6. The number of primary amides is 1. The predicted octanol–water partition coefficient (Wildman–Crippen LogP) is 3.13. The molecule has 3 aromatic rings. The first-order chi connectivity index (χ1) is 12.6. The molecule has 0 aliphatic heterocycles. The average Bonchev–Trinajstić information content (AvgIpc) is 2.65. The van der Waals surface area contributed by atoms with Crippen LogP contribution < -0.4 is 11.6 Å². The van der Waals surface area contributed by atoms with Gasteiger partial charge in [0.25, 0.3) is 0 Å². The van der Waals surface area contributed by atoms with Crippen molar-refractivity contribution in [1.29, 1.82) is 0 Å². The van der Waals surface area contributed by atoms with Crippen molar-refractivity contribution in [2.45, 2.75) is 6.61 Å². The number of hydrazone groups is 1. The molecule has 0 aliphatic carbocycles. The van der Waals surface area contributed by atoms with E-state index in [1.807, 2.05) is 60.7 Å². The zero-order chi connectivity index (χ0) is 18.4. The van der Waals surface area contributed by atoms with Crippen molar-refractivity contribution in [3.8, 4) is 11.8 Å². The minimum Gasteiger partial charge on any atom is -0.445 e. The molecule has 0 saturated carbocycles. The Kier molecular flexibility index (Phi) is 5.16. The third kappa shape index (κ3) is 4.40. The first-order valence-corrected chi connectivity index (χ1v) is 7.94. The van der Waals surface area contributed by atoms with Crippen LogP contribution in [0.4, 0.5) is 4.79 Å². The predicted molar refractivity (Wildman–Crippen MR) is 103 cm³/mol. The van der Waals surface area contributed by atoms with Crippen LogP contribution in [0.15, 0.2) is 65.8 Å². The number of carbonyl (C=O) groups excluding carboxylic acids is 1. The SMILES string of the molecule is N/N=C/c1ccc2cc(C#Cc3ccc(COC(N)=O)cc3)ccc2c1. The van der Waals surface area contributed by atoms with Gasteiger partial charge in [0.15, 0.2) is 0 Å². The molecule has 0 bridgehead atoms. The molecule has 0 fully saturated rings. The van der Waals surface area contributed by atoms with Crippen LogP contribution in [-0.2, 0) is 11.3 Å². The van der Waals surface area contributed by atoms with E-state index in [1.165, 1.54) is 0 Å². The van der Waals surface area contributed by atoms with Gasteiger partial charge in [-0.05, 0) is 52.2 Å². The van der Waals surface area contributed by atoms with E-state index in [-0.39, 0.29) is 6.61 Å². The summed E-state index contributed by atoms with van der Waals surface area (Å²) in [6, 6.07) is 19.5. The zero-order valence-electron chi connectivity index (χ0n) is 14.0. The van der Waals surface area contributed by atoms with E-state index in [0.29, 0.717) is 0 Å². The monoisotopic (exact) mass is 343 g/mol. The number of amides is 1. The van der Waals surface area contributed by atoms with Crippen molar-refractivity contribution in [3.05, 3.63) is 82.9 Å². The second kappa shape index (κ2) is 7.86. The largest absolute Gasteiger partial charge is 0.445 e. The van der Waals surface area contributed by atoms with E-state index in [2.05, 4.69) is 16.9 Å². The maximum Gasteiger partial charge on any atom is 0.404 e. The smallest absolute Gasteiger partial charge is 0.404 e. The first-order valence-electron chi connectivity index (χ1n) is 7.94. The van der Waals surface area contributed by atoms with Gasteiger partial charge in [0, 0.05) is 11.1 Å². The van der Waals surface area contributed by atoms with Crippen LogP contribution in [-0.4, -0.2) is 12.3 Å². The lowest BCUT2D eigenvalue weighted by Gasteiger charge is -2.01. The molecular weight excluding hydrogens is 326 g/mol. The molecule has 0 atom stereocenters. The molecule has 26 heavy (non-hydrogen) atoms. The lowest BCUT2D eigenvalue weighted by Crippen LogP contribution is -2.12. The molecule has 0 saturated heterocycles. The molecule has 0 heterocycles. The molecule has 128 valence electrons. The number of rotatable bonds is 3. The minimum atomic E-state index is -0.785. The van der Waals surface area contributed by atoms with E-state index in [9.17, 15) is 4.79 Å². The summed E-state index contributed by atoms with van der Waals surface area (Å²) in [4.78, 5) is 10.6. The third-order valence-corrected chi connectivity index (χ3v) is 3.77. The van der Waals surface area contributed by atoms with Crippen molar-refractivity contribution >= 4 is 23.1 Å². The van der Waals surface area contributed by atoms with Gasteiger partial charge in [0.05, 0.1) is 6.21 Å². The molecule has 5 heteroatoms. The Bertz CT molecular complexity index is 1030. The number of hydrogen-bond acceptors (Lipinski definition) is 4. The summed E-state index contributed by atoms with van der Waals surface area (Å²) in [7, 11) is 0. The van der Waals surface area contributed by atoms with Crippen LogP contribution in [0.2, 0.25) is 0 Å². The van der Waals surface area contributed by atoms with Gasteiger partial charge in [-0.25, -0.2) is 4.79 Å². The van der Waals surface area contributed by atoms with Gasteiger partial charge >= 0.3 is 6.09 Å². The highest BCUT2D eigenvalue weighted by Crippen LogP contribution is 2.17. The van der Waals surface area contributed by atoms with Crippen molar-refractivity contribution in [1.82, 2.24) is 0 Å². The summed E-state index contributed by atoms with van der Waals surface area (Å²) < 4.78 is 4.75. The van der Waals surface area contributed by atoms with Gasteiger partial charge in [0.2, 0.25) is 0 Å². The second-order valence-electron chi connectivity index (χ2n) is 5.65. The van der Waals surface area contributed by atoms with Gasteiger partial charge in [-0.15, -0.1) is 0 Å². The van der Waals surface area contributed by atoms with Gasteiger partial charge in [0.1, 0.15) is 6.61 Å². The fourth-order valence-electron chi connectivity index (χ4n) is 2.49. The summed E-state index contributed by atoms with van der Waals surface area (Å²) in [5, 5.41) is 5.75. The summed E-state index contributed by atoms with van der Waals surface area (Å²) >= 11 is 0. The Labute approximate surface area is 151 Å². The molecule has 3 aromatic carbocycles. The molecule has 1 amide bonds. The number of carbonyl (C=O) groups is 1. The third-order valence-electron chi connectivity index (χ3n) is 3.77. The van der Waals surface area contributed by atoms with Gasteiger partial charge in [-0.2, -0.15) is 5.10 Å². The molecule has 3 rings (SSSR count). The van der Waals surface area contributed by atoms with Crippen molar-refractivity contribution in [2.24, 2.45) is 16.7 Å². The summed E-state index contributed by atoms with van der Waals surface area (Å²) in [6.07, 6.45) is 0.832. The number of fused-ring (bicyclic) bond motifs is 1. The topological polar surface area (TPSA) is 90.7 Å². The van der Waals surface area contributed by atoms with Crippen LogP contribution in [0.3, 0.4) is 0 Å². The highest BCUT2D eigenvalue weighted by molar-refractivity contribution is 5.91. The lowest BCUT2D eigenvalue weighted by atomic mass is 10.0. The molecular formula is C21H17N3O2. The summed E-state index contributed by atoms with van der Waals surface area (Å²) in [6.45, 7) is 0.157. The Morgan fingerprint density at radius 2 is 1.62 bits per heavy atom. The molecule has 0 spiro atoms.